The minimum Gasteiger partial charge on any atom is -0.376 e. The monoisotopic (exact) mass is 523 g/mol. The fourth-order valence-electron chi connectivity index (χ4n) is 3.95. The van der Waals surface area contributed by atoms with Crippen molar-refractivity contribution in [3.63, 3.8) is 0 Å². The number of carbonyl (C=O) groups is 1. The Labute approximate surface area is 204 Å². The van der Waals surface area contributed by atoms with E-state index in [0.717, 1.165) is 25.0 Å². The quantitative estimate of drug-likeness (QED) is 0.363. The summed E-state index contributed by atoms with van der Waals surface area (Å²) in [7, 11) is 0. The summed E-state index contributed by atoms with van der Waals surface area (Å²) < 4.78 is 22.3. The highest BCUT2D eigenvalue weighted by Crippen LogP contribution is 2.27. The Morgan fingerprint density at radius 1 is 1.21 bits per heavy atom. The summed E-state index contributed by atoms with van der Waals surface area (Å²) in [6.45, 7) is 1.79. The second kappa shape index (κ2) is 9.90. The maximum atomic E-state index is 14.4. The number of halogens is 2. The summed E-state index contributed by atoms with van der Waals surface area (Å²) in [5, 5.41) is 10.7. The number of amides is 1. The van der Waals surface area contributed by atoms with Crippen LogP contribution in [0, 0.1) is 5.82 Å². The van der Waals surface area contributed by atoms with E-state index in [2.05, 4.69) is 36.6 Å². The first kappa shape index (κ1) is 22.5. The van der Waals surface area contributed by atoms with E-state index < -0.39 is 0 Å². The Hall–Kier alpha value is -3.30. The number of fused-ring (bicyclic) bond motifs is 1. The van der Waals surface area contributed by atoms with E-state index in [1.165, 1.54) is 6.07 Å². The zero-order valence-corrected chi connectivity index (χ0v) is 19.9. The maximum absolute atomic E-state index is 14.4. The minimum absolute atomic E-state index is 0.109. The third kappa shape index (κ3) is 4.80. The highest BCUT2D eigenvalue weighted by Gasteiger charge is 2.17. The summed E-state index contributed by atoms with van der Waals surface area (Å²) in [4.78, 5) is 17.0. The lowest BCUT2D eigenvalue weighted by atomic mass is 10.1. The van der Waals surface area contributed by atoms with Gasteiger partial charge < -0.3 is 15.4 Å². The van der Waals surface area contributed by atoms with Crippen molar-refractivity contribution in [1.29, 1.82) is 0 Å². The van der Waals surface area contributed by atoms with E-state index in [4.69, 9.17) is 4.74 Å². The van der Waals surface area contributed by atoms with Crippen LogP contribution in [0.25, 0.3) is 16.9 Å². The molecule has 1 atom stereocenters. The van der Waals surface area contributed by atoms with E-state index in [0.29, 0.717) is 45.8 Å². The third-order valence-corrected chi connectivity index (χ3v) is 6.34. The van der Waals surface area contributed by atoms with Crippen molar-refractivity contribution in [3.8, 4) is 11.3 Å². The molecule has 0 aliphatic carbocycles. The standard InChI is InChI=1S/C25H23BrFN5O2/c26-20-15-30-32-23(12-22(31-24(20)32)19-5-1-2-6-21(19)27)28-13-16-7-9-17(10-8-16)25(33)29-14-18-4-3-11-34-18/h1-2,5-10,12,15,18,28H,3-4,11,13-14H2,(H,29,33). The van der Waals surface area contributed by atoms with Gasteiger partial charge >= 0.3 is 0 Å². The van der Waals surface area contributed by atoms with Gasteiger partial charge in [-0.2, -0.15) is 9.61 Å². The molecule has 7 nitrogen and oxygen atoms in total. The van der Waals surface area contributed by atoms with E-state index in [1.54, 1.807) is 47.1 Å². The molecule has 2 aromatic carbocycles. The minimum atomic E-state index is -0.339. The molecule has 1 fully saturated rings. The molecule has 0 saturated carbocycles. The van der Waals surface area contributed by atoms with Crippen LogP contribution in [0.15, 0.2) is 65.3 Å². The lowest BCUT2D eigenvalue weighted by molar-refractivity contribution is 0.0858. The van der Waals surface area contributed by atoms with Gasteiger partial charge in [0.15, 0.2) is 5.65 Å². The molecule has 1 aliphatic rings. The Kier molecular flexibility index (Phi) is 6.55. The van der Waals surface area contributed by atoms with Crippen LogP contribution < -0.4 is 10.6 Å². The van der Waals surface area contributed by atoms with Crippen molar-refractivity contribution < 1.29 is 13.9 Å². The van der Waals surface area contributed by atoms with Gasteiger partial charge in [-0.05, 0) is 58.6 Å². The van der Waals surface area contributed by atoms with Crippen molar-refractivity contribution in [2.75, 3.05) is 18.5 Å². The lowest BCUT2D eigenvalue weighted by Crippen LogP contribution is -2.31. The van der Waals surface area contributed by atoms with Gasteiger partial charge in [0.2, 0.25) is 0 Å². The SMILES string of the molecule is O=C(NCC1CCCO1)c1ccc(CNc2cc(-c3ccccc3F)nc3c(Br)cnn23)cc1. The molecule has 0 spiro atoms. The second-order valence-electron chi connectivity index (χ2n) is 8.13. The van der Waals surface area contributed by atoms with E-state index >= 15 is 0 Å². The largest absolute Gasteiger partial charge is 0.376 e. The fraction of sp³-hybridized carbons (Fsp3) is 0.240. The molecule has 2 N–H and O–H groups in total. The van der Waals surface area contributed by atoms with Crippen molar-refractivity contribution in [2.45, 2.75) is 25.5 Å². The molecule has 0 radical (unpaired) electrons. The highest BCUT2D eigenvalue weighted by atomic mass is 79.9. The van der Waals surface area contributed by atoms with Gasteiger partial charge in [-0.15, -0.1) is 0 Å². The van der Waals surface area contributed by atoms with Crippen LogP contribution >= 0.6 is 15.9 Å². The van der Waals surface area contributed by atoms with Crippen molar-refractivity contribution in [1.82, 2.24) is 19.9 Å². The summed E-state index contributed by atoms with van der Waals surface area (Å²) in [6.07, 6.45) is 3.80. The number of nitrogens with zero attached hydrogens (tertiary/aromatic N) is 3. The molecular weight excluding hydrogens is 501 g/mol. The number of hydrogen-bond donors (Lipinski definition) is 2. The number of benzene rings is 2. The van der Waals surface area contributed by atoms with Crippen LogP contribution in [-0.4, -0.2) is 39.8 Å². The Morgan fingerprint density at radius 3 is 2.79 bits per heavy atom. The molecule has 5 rings (SSSR count). The van der Waals surface area contributed by atoms with E-state index in [9.17, 15) is 9.18 Å². The van der Waals surface area contributed by atoms with Crippen molar-refractivity contribution in [2.24, 2.45) is 0 Å². The molecule has 1 saturated heterocycles. The van der Waals surface area contributed by atoms with Crippen molar-refractivity contribution in [3.05, 3.63) is 82.2 Å². The molecule has 3 heterocycles. The Balaban J connectivity index is 1.31. The number of anilines is 1. The van der Waals surface area contributed by atoms with Gasteiger partial charge in [-0.25, -0.2) is 9.37 Å². The third-order valence-electron chi connectivity index (χ3n) is 5.78. The molecule has 0 bridgehead atoms. The first-order valence-electron chi connectivity index (χ1n) is 11.1. The first-order valence-corrected chi connectivity index (χ1v) is 11.9. The lowest BCUT2D eigenvalue weighted by Gasteiger charge is -2.12. The van der Waals surface area contributed by atoms with Crippen LogP contribution in [0.1, 0.15) is 28.8 Å². The zero-order chi connectivity index (χ0) is 23.5. The molecule has 1 unspecified atom stereocenters. The maximum Gasteiger partial charge on any atom is 0.251 e. The van der Waals surface area contributed by atoms with Crippen molar-refractivity contribution >= 4 is 33.3 Å². The van der Waals surface area contributed by atoms with Crippen LogP contribution in [-0.2, 0) is 11.3 Å². The second-order valence-corrected chi connectivity index (χ2v) is 8.98. The number of carbonyl (C=O) groups excluding carboxylic acids is 1. The average Bonchev–Trinajstić information content (AvgIpc) is 3.52. The molecule has 174 valence electrons. The zero-order valence-electron chi connectivity index (χ0n) is 18.3. The molecule has 2 aromatic heterocycles. The smallest absolute Gasteiger partial charge is 0.251 e. The van der Waals surface area contributed by atoms with Crippen LogP contribution in [0.2, 0.25) is 0 Å². The fourth-order valence-corrected chi connectivity index (χ4v) is 4.30. The summed E-state index contributed by atoms with van der Waals surface area (Å²) in [5.41, 5.74) is 3.10. The molecule has 34 heavy (non-hydrogen) atoms. The molecule has 1 aliphatic heterocycles. The first-order chi connectivity index (χ1) is 16.6. The Bertz CT molecular complexity index is 1320. The number of nitrogens with one attached hydrogen (secondary N) is 2. The van der Waals surface area contributed by atoms with Gasteiger partial charge in [-0.1, -0.05) is 24.3 Å². The summed E-state index contributed by atoms with van der Waals surface area (Å²) in [6, 6.07) is 15.7. The predicted molar refractivity (Wildman–Crippen MR) is 131 cm³/mol. The topological polar surface area (TPSA) is 80.5 Å². The highest BCUT2D eigenvalue weighted by molar-refractivity contribution is 9.10. The van der Waals surface area contributed by atoms with Gasteiger partial charge in [-0.3, -0.25) is 4.79 Å². The summed E-state index contributed by atoms with van der Waals surface area (Å²) >= 11 is 3.46. The van der Waals surface area contributed by atoms with E-state index in [1.807, 2.05) is 12.1 Å². The predicted octanol–water partition coefficient (Wildman–Crippen LogP) is 4.82. The van der Waals surface area contributed by atoms with Gasteiger partial charge in [0.05, 0.1) is 22.5 Å². The number of aromatic nitrogens is 3. The summed E-state index contributed by atoms with van der Waals surface area (Å²) in [5.74, 6) is 0.225. The average molecular weight is 524 g/mol. The molecular formula is C25H23BrFN5O2. The number of ether oxygens (including phenoxy) is 1. The van der Waals surface area contributed by atoms with Crippen LogP contribution in [0.4, 0.5) is 10.2 Å². The van der Waals surface area contributed by atoms with Gasteiger partial charge in [0.25, 0.3) is 5.91 Å². The Morgan fingerprint density at radius 2 is 2.03 bits per heavy atom. The molecule has 9 heteroatoms. The van der Waals surface area contributed by atoms with E-state index in [-0.39, 0.29) is 17.8 Å². The van der Waals surface area contributed by atoms with Gasteiger partial charge in [0.1, 0.15) is 11.6 Å². The number of hydrogen-bond acceptors (Lipinski definition) is 5. The van der Waals surface area contributed by atoms with Gasteiger partial charge in [0, 0.05) is 36.9 Å². The molecule has 4 aromatic rings. The normalized spacial score (nSPS) is 15.5. The number of rotatable bonds is 7. The molecule has 1 amide bonds. The van der Waals surface area contributed by atoms with Crippen LogP contribution in [0.3, 0.4) is 0 Å². The van der Waals surface area contributed by atoms with Crippen LogP contribution in [0.5, 0.6) is 0 Å².